The summed E-state index contributed by atoms with van der Waals surface area (Å²) in [6.07, 6.45) is 2.54. The molecule has 0 N–H and O–H groups in total. The largest absolute Gasteiger partial charge is 0.493 e. The Hall–Kier alpha value is -4.02. The van der Waals surface area contributed by atoms with Crippen molar-refractivity contribution >= 4 is 29.4 Å². The molecule has 1 atom stereocenters. The van der Waals surface area contributed by atoms with Gasteiger partial charge < -0.3 is 18.9 Å². The van der Waals surface area contributed by atoms with Crippen molar-refractivity contribution in [2.24, 2.45) is 4.99 Å². The Bertz CT molecular complexity index is 1590. The summed E-state index contributed by atoms with van der Waals surface area (Å²) in [5.41, 5.74) is 2.25. The van der Waals surface area contributed by atoms with Gasteiger partial charge in [-0.25, -0.2) is 14.6 Å². The third kappa shape index (κ3) is 6.24. The Morgan fingerprint density at radius 2 is 1.75 bits per heavy atom. The molecule has 3 aromatic rings. The number of methoxy groups -OCH3 is 1. The van der Waals surface area contributed by atoms with Gasteiger partial charge in [0.2, 0.25) is 0 Å². The molecule has 9 nitrogen and oxygen atoms in total. The van der Waals surface area contributed by atoms with E-state index < -0.39 is 18.0 Å². The van der Waals surface area contributed by atoms with E-state index in [1.165, 1.54) is 23.0 Å². The zero-order chi connectivity index (χ0) is 28.6. The maximum Gasteiger partial charge on any atom is 0.338 e. The van der Waals surface area contributed by atoms with Gasteiger partial charge >= 0.3 is 11.9 Å². The van der Waals surface area contributed by atoms with Crippen molar-refractivity contribution in [2.75, 3.05) is 33.5 Å². The smallest absolute Gasteiger partial charge is 0.338 e. The zero-order valence-electron chi connectivity index (χ0n) is 23.0. The number of esters is 2. The maximum absolute atomic E-state index is 13.9. The summed E-state index contributed by atoms with van der Waals surface area (Å²) in [5, 5.41) is 0. The lowest BCUT2D eigenvalue weighted by Gasteiger charge is -2.26. The summed E-state index contributed by atoms with van der Waals surface area (Å²) >= 11 is 1.23. The highest BCUT2D eigenvalue weighted by atomic mass is 32.1. The van der Waals surface area contributed by atoms with Crippen molar-refractivity contribution in [1.29, 1.82) is 0 Å². The summed E-state index contributed by atoms with van der Waals surface area (Å²) in [7, 11) is 1.53. The zero-order valence-corrected chi connectivity index (χ0v) is 23.8. The predicted octanol–water partition coefficient (Wildman–Crippen LogP) is 3.39. The first kappa shape index (κ1) is 29.0. The molecule has 1 aromatic heterocycles. The Morgan fingerprint density at radius 1 is 1.00 bits per heavy atom. The average molecular weight is 565 g/mol. The van der Waals surface area contributed by atoms with Crippen molar-refractivity contribution in [3.63, 3.8) is 0 Å². The minimum Gasteiger partial charge on any atom is -0.493 e. The molecular weight excluding hydrogens is 532 g/mol. The SMILES string of the molecule is CCCOc1ccccc1[C@@H]1C(C(=O)OCCOC)=C(C)N=c2s/c(=C/c3ccc(C(=O)OCC)cc3)c(=O)n21. The van der Waals surface area contributed by atoms with Crippen molar-refractivity contribution in [2.45, 2.75) is 33.2 Å². The van der Waals surface area contributed by atoms with Crippen molar-refractivity contribution in [1.82, 2.24) is 4.57 Å². The molecule has 210 valence electrons. The van der Waals surface area contributed by atoms with Crippen molar-refractivity contribution in [3.05, 3.63) is 96.2 Å². The molecular formula is C30H32N2O7S. The standard InChI is InChI=1S/C30H32N2O7S/c1-5-15-38-23-10-8-7-9-22(23)26-25(29(35)39-17-16-36-4)19(3)31-30-32(26)27(33)24(40-30)18-20-11-13-21(14-12-20)28(34)37-6-2/h7-14,18,26H,5-6,15-17H2,1-4H3/b24-18+/t26-/m1/s1. The van der Waals surface area contributed by atoms with Crippen molar-refractivity contribution in [3.8, 4) is 5.75 Å². The molecule has 0 amide bonds. The number of allylic oxidation sites excluding steroid dienone is 1. The normalized spacial score (nSPS) is 14.9. The van der Waals surface area contributed by atoms with Gasteiger partial charge in [-0.1, -0.05) is 48.6 Å². The fourth-order valence-corrected chi connectivity index (χ4v) is 5.35. The highest BCUT2D eigenvalue weighted by Crippen LogP contribution is 2.35. The number of ether oxygens (including phenoxy) is 4. The first-order valence-corrected chi connectivity index (χ1v) is 13.9. The summed E-state index contributed by atoms with van der Waals surface area (Å²) < 4.78 is 23.5. The third-order valence-electron chi connectivity index (χ3n) is 6.16. The van der Waals surface area contributed by atoms with Gasteiger partial charge in [0, 0.05) is 12.7 Å². The lowest BCUT2D eigenvalue weighted by Crippen LogP contribution is -2.40. The van der Waals surface area contributed by atoms with Gasteiger partial charge in [-0.2, -0.15) is 0 Å². The summed E-state index contributed by atoms with van der Waals surface area (Å²) in [6.45, 7) is 6.58. The molecule has 10 heteroatoms. The van der Waals surface area contributed by atoms with E-state index in [-0.39, 0.29) is 31.0 Å². The van der Waals surface area contributed by atoms with Crippen LogP contribution in [0, 0.1) is 0 Å². The van der Waals surface area contributed by atoms with Crippen LogP contribution in [0.5, 0.6) is 5.75 Å². The Kier molecular flexibility index (Phi) is 9.68. The fourth-order valence-electron chi connectivity index (χ4n) is 4.30. The molecule has 4 rings (SSSR count). The number of thiazole rings is 1. The average Bonchev–Trinajstić information content (AvgIpc) is 3.25. The van der Waals surface area contributed by atoms with E-state index in [1.807, 2.05) is 31.2 Å². The van der Waals surface area contributed by atoms with Gasteiger partial charge in [-0.3, -0.25) is 9.36 Å². The van der Waals surface area contributed by atoms with E-state index >= 15 is 0 Å². The van der Waals surface area contributed by atoms with Gasteiger partial charge in [-0.05, 0) is 50.1 Å². The minimum atomic E-state index is -0.798. The molecule has 2 heterocycles. The second-order valence-corrected chi connectivity index (χ2v) is 9.95. The van der Waals surface area contributed by atoms with Crippen molar-refractivity contribution < 1.29 is 28.5 Å². The van der Waals surface area contributed by atoms with E-state index in [9.17, 15) is 14.4 Å². The summed E-state index contributed by atoms with van der Waals surface area (Å²) in [5.74, 6) is -0.398. The van der Waals surface area contributed by atoms with Gasteiger partial charge in [0.1, 0.15) is 18.4 Å². The lowest BCUT2D eigenvalue weighted by molar-refractivity contribution is -0.140. The number of fused-ring (bicyclic) bond motifs is 1. The molecule has 1 aliphatic heterocycles. The molecule has 0 bridgehead atoms. The van der Waals surface area contributed by atoms with Crippen LogP contribution in [0.2, 0.25) is 0 Å². The number of rotatable bonds is 11. The Labute approximate surface area is 236 Å². The first-order chi connectivity index (χ1) is 19.4. The van der Waals surface area contributed by atoms with Crippen LogP contribution < -0.4 is 19.6 Å². The quantitative estimate of drug-likeness (QED) is 0.260. The molecule has 0 radical (unpaired) electrons. The van der Waals surface area contributed by atoms with Gasteiger partial charge in [0.05, 0.1) is 41.2 Å². The monoisotopic (exact) mass is 564 g/mol. The second kappa shape index (κ2) is 13.4. The number of carbonyl (C=O) groups excluding carboxylic acids is 2. The Balaban J connectivity index is 1.84. The van der Waals surface area contributed by atoms with E-state index in [2.05, 4.69) is 4.99 Å². The molecule has 0 unspecified atom stereocenters. The van der Waals surface area contributed by atoms with Crippen LogP contribution in [0.3, 0.4) is 0 Å². The lowest BCUT2D eigenvalue weighted by atomic mass is 9.95. The van der Waals surface area contributed by atoms with Crippen LogP contribution in [0.4, 0.5) is 0 Å². The second-order valence-electron chi connectivity index (χ2n) is 8.94. The summed E-state index contributed by atoms with van der Waals surface area (Å²) in [6, 6.07) is 13.4. The molecule has 0 saturated heterocycles. The third-order valence-corrected chi connectivity index (χ3v) is 7.14. The van der Waals surface area contributed by atoms with Crippen LogP contribution in [-0.4, -0.2) is 50.0 Å². The number of aromatic nitrogens is 1. The number of nitrogens with zero attached hydrogens (tertiary/aromatic N) is 2. The van der Waals surface area contributed by atoms with E-state index in [4.69, 9.17) is 18.9 Å². The number of carbonyl (C=O) groups is 2. The summed E-state index contributed by atoms with van der Waals surface area (Å²) in [4.78, 5) is 44.3. The molecule has 40 heavy (non-hydrogen) atoms. The number of para-hydroxylation sites is 1. The maximum atomic E-state index is 13.9. The van der Waals surface area contributed by atoms with Gasteiger partial charge in [0.15, 0.2) is 4.80 Å². The molecule has 1 aliphatic rings. The number of hydrogen-bond acceptors (Lipinski definition) is 9. The fraction of sp³-hybridized carbons (Fsp3) is 0.333. The molecule has 0 saturated carbocycles. The van der Waals surface area contributed by atoms with Gasteiger partial charge in [0.25, 0.3) is 5.56 Å². The van der Waals surface area contributed by atoms with Gasteiger partial charge in [-0.15, -0.1) is 0 Å². The highest BCUT2D eigenvalue weighted by Gasteiger charge is 2.35. The van der Waals surface area contributed by atoms with E-state index in [0.29, 0.717) is 38.5 Å². The molecule has 0 fully saturated rings. The van der Waals surface area contributed by atoms with E-state index in [1.54, 1.807) is 44.2 Å². The molecule has 0 aliphatic carbocycles. The van der Waals surface area contributed by atoms with Crippen LogP contribution in [0.25, 0.3) is 6.08 Å². The van der Waals surface area contributed by atoms with E-state index in [0.717, 1.165) is 12.0 Å². The molecule has 0 spiro atoms. The number of hydrogen-bond donors (Lipinski definition) is 0. The predicted molar refractivity (Wildman–Crippen MR) is 151 cm³/mol. The van der Waals surface area contributed by atoms with Crippen LogP contribution >= 0.6 is 11.3 Å². The minimum absolute atomic E-state index is 0.0685. The first-order valence-electron chi connectivity index (χ1n) is 13.1. The van der Waals surface area contributed by atoms with Crippen LogP contribution in [0.15, 0.2) is 69.6 Å². The number of benzene rings is 2. The topological polar surface area (TPSA) is 105 Å². The molecule has 2 aromatic carbocycles. The van der Waals surface area contributed by atoms with Crippen LogP contribution in [-0.2, 0) is 19.0 Å². The van der Waals surface area contributed by atoms with Crippen LogP contribution in [0.1, 0.15) is 54.7 Å². The highest BCUT2D eigenvalue weighted by molar-refractivity contribution is 7.07. The Morgan fingerprint density at radius 3 is 2.45 bits per heavy atom.